The van der Waals surface area contributed by atoms with Gasteiger partial charge in [-0.2, -0.15) is 11.8 Å². The first kappa shape index (κ1) is 18.5. The second-order valence-corrected chi connectivity index (χ2v) is 6.34. The highest BCUT2D eigenvalue weighted by Crippen LogP contribution is 2.27. The minimum Gasteiger partial charge on any atom is -0.354 e. The smallest absolute Gasteiger partial charge is 0.191 e. The first-order valence-electron chi connectivity index (χ1n) is 7.13. The van der Waals surface area contributed by atoms with Crippen molar-refractivity contribution in [3.05, 3.63) is 29.6 Å². The molecule has 0 aliphatic heterocycles. The van der Waals surface area contributed by atoms with Crippen molar-refractivity contribution in [3.63, 3.8) is 0 Å². The Morgan fingerprint density at radius 1 is 1.48 bits per heavy atom. The van der Waals surface area contributed by atoms with Gasteiger partial charge in [0.05, 0.1) is 12.2 Å². The van der Waals surface area contributed by atoms with Crippen LogP contribution in [-0.4, -0.2) is 35.5 Å². The number of nitrogens with one attached hydrogen (secondary N) is 2. The molecular weight excluding hydrogens is 395 g/mol. The van der Waals surface area contributed by atoms with Gasteiger partial charge in [-0.05, 0) is 44.1 Å². The molecule has 1 aromatic rings. The molecule has 21 heavy (non-hydrogen) atoms. The summed E-state index contributed by atoms with van der Waals surface area (Å²) in [7, 11) is 1.82. The van der Waals surface area contributed by atoms with Crippen LogP contribution in [0, 0.1) is 6.92 Å². The van der Waals surface area contributed by atoms with E-state index in [1.807, 2.05) is 31.1 Å². The average Bonchev–Trinajstić information content (AvgIpc) is 2.92. The van der Waals surface area contributed by atoms with Crippen molar-refractivity contribution < 1.29 is 0 Å². The lowest BCUT2D eigenvalue weighted by Crippen LogP contribution is -2.42. The quantitative estimate of drug-likeness (QED) is 0.447. The Labute approximate surface area is 149 Å². The molecular formula is C15H25IN4S. The Hall–Kier alpha value is -0.500. The summed E-state index contributed by atoms with van der Waals surface area (Å²) in [5.41, 5.74) is 2.28. The van der Waals surface area contributed by atoms with Crippen LogP contribution in [0.1, 0.15) is 30.5 Å². The maximum absolute atomic E-state index is 4.39. The highest BCUT2D eigenvalue weighted by molar-refractivity contribution is 14.0. The molecule has 6 heteroatoms. The number of hydrogen-bond acceptors (Lipinski definition) is 3. The number of halogens is 1. The number of aliphatic imine (C=N–C) groups is 1. The van der Waals surface area contributed by atoms with E-state index in [1.54, 1.807) is 0 Å². The summed E-state index contributed by atoms with van der Waals surface area (Å²) in [5, 5.41) is 7.67. The number of pyridine rings is 1. The molecule has 0 aromatic carbocycles. The standard InChI is InChI=1S/C15H24N4S.HI/c1-11-5-4-8-17-14(11)10-18-15(16-2)19-12-6-7-13(9-12)20-3;/h4-5,8,12-13H,6-7,9-10H2,1-3H3,(H2,16,18,19);1H. The lowest BCUT2D eigenvalue weighted by atomic mass is 10.2. The van der Waals surface area contributed by atoms with Crippen molar-refractivity contribution in [3.8, 4) is 0 Å². The molecule has 2 unspecified atom stereocenters. The molecule has 0 radical (unpaired) electrons. The van der Waals surface area contributed by atoms with Gasteiger partial charge >= 0.3 is 0 Å². The van der Waals surface area contributed by atoms with Gasteiger partial charge in [-0.3, -0.25) is 9.98 Å². The molecule has 1 aromatic heterocycles. The normalized spacial score (nSPS) is 21.8. The third-order valence-electron chi connectivity index (χ3n) is 3.82. The van der Waals surface area contributed by atoms with Gasteiger partial charge in [-0.25, -0.2) is 0 Å². The highest BCUT2D eigenvalue weighted by atomic mass is 127. The van der Waals surface area contributed by atoms with Gasteiger partial charge in [0, 0.05) is 24.5 Å². The summed E-state index contributed by atoms with van der Waals surface area (Å²) in [6, 6.07) is 4.59. The van der Waals surface area contributed by atoms with Gasteiger partial charge in [0.15, 0.2) is 5.96 Å². The molecule has 0 amide bonds. The molecule has 1 aliphatic rings. The number of thioether (sulfide) groups is 1. The van der Waals surface area contributed by atoms with Gasteiger partial charge < -0.3 is 10.6 Å². The van der Waals surface area contributed by atoms with Crippen LogP contribution in [0.3, 0.4) is 0 Å². The molecule has 1 aliphatic carbocycles. The van der Waals surface area contributed by atoms with Gasteiger partial charge in [-0.1, -0.05) is 6.07 Å². The number of aromatic nitrogens is 1. The topological polar surface area (TPSA) is 49.3 Å². The van der Waals surface area contributed by atoms with Crippen LogP contribution in [0.4, 0.5) is 0 Å². The minimum atomic E-state index is 0. The van der Waals surface area contributed by atoms with Crippen LogP contribution in [0.15, 0.2) is 23.3 Å². The third-order valence-corrected chi connectivity index (χ3v) is 4.92. The third kappa shape index (κ3) is 5.65. The Morgan fingerprint density at radius 3 is 2.90 bits per heavy atom. The van der Waals surface area contributed by atoms with Crippen molar-refractivity contribution in [1.82, 2.24) is 15.6 Å². The zero-order valence-corrected chi connectivity index (χ0v) is 16.1. The molecule has 2 rings (SSSR count). The molecule has 1 heterocycles. The van der Waals surface area contributed by atoms with Crippen LogP contribution in [-0.2, 0) is 6.54 Å². The van der Waals surface area contributed by atoms with E-state index in [-0.39, 0.29) is 24.0 Å². The highest BCUT2D eigenvalue weighted by Gasteiger charge is 2.24. The van der Waals surface area contributed by atoms with Crippen LogP contribution >= 0.6 is 35.7 Å². The van der Waals surface area contributed by atoms with Crippen LogP contribution in [0.5, 0.6) is 0 Å². The Morgan fingerprint density at radius 2 is 2.29 bits per heavy atom. The second-order valence-electron chi connectivity index (χ2n) is 5.20. The van der Waals surface area contributed by atoms with Crippen molar-refractivity contribution in [2.75, 3.05) is 13.3 Å². The fourth-order valence-electron chi connectivity index (χ4n) is 2.54. The fourth-order valence-corrected chi connectivity index (χ4v) is 3.34. The van der Waals surface area contributed by atoms with Gasteiger partial charge in [0.1, 0.15) is 0 Å². The van der Waals surface area contributed by atoms with E-state index in [1.165, 1.54) is 24.8 Å². The number of guanidine groups is 1. The number of aryl methyl sites for hydroxylation is 1. The number of nitrogens with zero attached hydrogens (tertiary/aromatic N) is 2. The Bertz CT molecular complexity index is 467. The lowest BCUT2D eigenvalue weighted by Gasteiger charge is -2.17. The van der Waals surface area contributed by atoms with E-state index in [4.69, 9.17) is 0 Å². The Kier molecular flexibility index (Phi) is 8.39. The van der Waals surface area contributed by atoms with E-state index < -0.39 is 0 Å². The Balaban J connectivity index is 0.00000220. The fraction of sp³-hybridized carbons (Fsp3) is 0.600. The summed E-state index contributed by atoms with van der Waals surface area (Å²) in [6.45, 7) is 2.80. The SMILES string of the molecule is CN=C(NCc1ncccc1C)NC1CCC(SC)C1.I. The van der Waals surface area contributed by atoms with E-state index in [0.29, 0.717) is 12.6 Å². The summed E-state index contributed by atoms with van der Waals surface area (Å²) < 4.78 is 0. The molecule has 2 atom stereocenters. The summed E-state index contributed by atoms with van der Waals surface area (Å²) in [4.78, 5) is 8.70. The maximum Gasteiger partial charge on any atom is 0.191 e. The first-order valence-corrected chi connectivity index (χ1v) is 8.42. The van der Waals surface area contributed by atoms with Crippen molar-refractivity contribution in [2.24, 2.45) is 4.99 Å². The van der Waals surface area contributed by atoms with Crippen molar-refractivity contribution in [1.29, 1.82) is 0 Å². The number of hydrogen-bond donors (Lipinski definition) is 2. The van der Waals surface area contributed by atoms with Crippen LogP contribution in [0.25, 0.3) is 0 Å². The second kappa shape index (κ2) is 9.50. The summed E-state index contributed by atoms with van der Waals surface area (Å²) >= 11 is 1.97. The predicted molar refractivity (Wildman–Crippen MR) is 103 cm³/mol. The molecule has 2 N–H and O–H groups in total. The van der Waals surface area contributed by atoms with E-state index in [9.17, 15) is 0 Å². The van der Waals surface area contributed by atoms with Crippen molar-refractivity contribution >= 4 is 41.7 Å². The average molecular weight is 420 g/mol. The molecule has 1 saturated carbocycles. The zero-order chi connectivity index (χ0) is 14.4. The molecule has 0 spiro atoms. The number of rotatable bonds is 4. The molecule has 0 bridgehead atoms. The predicted octanol–water partition coefficient (Wildman–Crippen LogP) is 2.96. The monoisotopic (exact) mass is 420 g/mol. The summed E-state index contributed by atoms with van der Waals surface area (Å²) in [5.74, 6) is 0.877. The summed E-state index contributed by atoms with van der Waals surface area (Å²) in [6.07, 6.45) is 7.79. The van der Waals surface area contributed by atoms with E-state index in [2.05, 4.69) is 39.9 Å². The van der Waals surface area contributed by atoms with E-state index in [0.717, 1.165) is 16.9 Å². The van der Waals surface area contributed by atoms with Crippen LogP contribution in [0.2, 0.25) is 0 Å². The van der Waals surface area contributed by atoms with Gasteiger partial charge in [-0.15, -0.1) is 24.0 Å². The van der Waals surface area contributed by atoms with E-state index >= 15 is 0 Å². The minimum absolute atomic E-state index is 0. The molecule has 118 valence electrons. The zero-order valence-electron chi connectivity index (χ0n) is 12.9. The maximum atomic E-state index is 4.39. The molecule has 0 saturated heterocycles. The van der Waals surface area contributed by atoms with Gasteiger partial charge in [0.2, 0.25) is 0 Å². The lowest BCUT2D eigenvalue weighted by molar-refractivity contribution is 0.613. The largest absolute Gasteiger partial charge is 0.354 e. The molecule has 1 fully saturated rings. The van der Waals surface area contributed by atoms with Crippen LogP contribution < -0.4 is 10.6 Å². The van der Waals surface area contributed by atoms with Gasteiger partial charge in [0.25, 0.3) is 0 Å². The van der Waals surface area contributed by atoms with Crippen molar-refractivity contribution in [2.45, 2.75) is 44.0 Å². The first-order chi connectivity index (χ1) is 9.72. The molecule has 4 nitrogen and oxygen atoms in total.